The number of unbranched alkanes of at least 4 members (excludes halogenated alkanes) is 7. The van der Waals surface area contributed by atoms with Gasteiger partial charge in [0.2, 0.25) is 11.4 Å². The van der Waals surface area contributed by atoms with Crippen molar-refractivity contribution >= 4 is 11.4 Å². The van der Waals surface area contributed by atoms with Crippen molar-refractivity contribution in [3.63, 3.8) is 0 Å². The van der Waals surface area contributed by atoms with Crippen LogP contribution in [0.5, 0.6) is 0 Å². The van der Waals surface area contributed by atoms with Gasteiger partial charge >= 0.3 is 76.7 Å². The Kier molecular flexibility index (Phi) is 23.6. The average Bonchev–Trinajstić information content (AvgIpc) is 3.48. The van der Waals surface area contributed by atoms with Gasteiger partial charge < -0.3 is 5.53 Å². The van der Waals surface area contributed by atoms with Gasteiger partial charge in [-0.2, -0.15) is 0 Å². The molecule has 1 heterocycles. The predicted octanol–water partition coefficient (Wildman–Crippen LogP) is 13.4. The molecule has 4 nitrogen and oxygen atoms in total. The standard InChI is InChI=1S/C38H56N2.2C4H10N.Ni/c1-6-11-16-20-32-23-30(18-13-8-3)25-35(26-32)37-29-34(22-15-10-5)38(40(37)39)36-27-31(19-14-9-4)24-33(28-36)21-17-12-7-2;2*1-3-5-4-2;/h23-29H,6-22H2,1-5H3;2*3-4H2,1-2H3;/q;2*-1;+2. The summed E-state index contributed by atoms with van der Waals surface area (Å²) >= 11 is 1.67. The molecule has 0 bridgehead atoms. The number of aryl methyl sites for hydroxylation is 4. The van der Waals surface area contributed by atoms with E-state index in [0.29, 0.717) is 0 Å². The molecule has 0 aliphatic carbocycles. The van der Waals surface area contributed by atoms with Crippen molar-refractivity contribution in [2.45, 2.75) is 171 Å². The molecule has 51 heavy (non-hydrogen) atoms. The summed E-state index contributed by atoms with van der Waals surface area (Å²) in [5.74, 6) is 0. The molecule has 0 N–H and O–H groups in total. The van der Waals surface area contributed by atoms with Gasteiger partial charge in [0, 0.05) is 22.8 Å². The van der Waals surface area contributed by atoms with Crippen molar-refractivity contribution in [3.05, 3.63) is 87.0 Å². The Morgan fingerprint density at radius 2 is 0.843 bits per heavy atom. The van der Waals surface area contributed by atoms with Crippen molar-refractivity contribution in [1.29, 1.82) is 0 Å². The van der Waals surface area contributed by atoms with Crippen LogP contribution in [-0.4, -0.2) is 38.8 Å². The first-order chi connectivity index (χ1) is 24.8. The van der Waals surface area contributed by atoms with Gasteiger partial charge in [0.1, 0.15) is 0 Å². The number of rotatable bonds is 25. The van der Waals surface area contributed by atoms with Gasteiger partial charge in [-0.05, 0) is 111 Å². The summed E-state index contributed by atoms with van der Waals surface area (Å²) in [5.41, 5.74) is 23.1. The Bertz CT molecular complexity index is 1320. The summed E-state index contributed by atoms with van der Waals surface area (Å²) in [6, 6.07) is 14.2. The van der Waals surface area contributed by atoms with Crippen LogP contribution in [0.3, 0.4) is 0 Å². The molecule has 0 radical (unpaired) electrons. The van der Waals surface area contributed by atoms with E-state index in [4.69, 9.17) is 0 Å². The molecule has 0 spiro atoms. The van der Waals surface area contributed by atoms with E-state index < -0.39 is 0 Å². The number of hydrogen-bond donors (Lipinski definition) is 0. The van der Waals surface area contributed by atoms with E-state index in [-0.39, 0.29) is 0 Å². The van der Waals surface area contributed by atoms with Gasteiger partial charge in [0.05, 0.1) is 0 Å². The maximum absolute atomic E-state index is 11.9. The SMILES string of the molecule is CCCCCc1cc(CCCC)cc(C2=CC(CCCC)=C(c3cc(CCCC)cc(CCCCC)c3)[N+]2=[N-])c1.CC[N](CC)[Ni][N](CC)CC. The van der Waals surface area contributed by atoms with Crippen LogP contribution >= 0.6 is 0 Å². The second-order valence-corrected chi connectivity index (χ2v) is 15.6. The molecule has 0 fully saturated rings. The summed E-state index contributed by atoms with van der Waals surface area (Å²) in [7, 11) is 0. The van der Waals surface area contributed by atoms with Crippen molar-refractivity contribution in [1.82, 2.24) is 7.96 Å². The van der Waals surface area contributed by atoms with Gasteiger partial charge in [0.15, 0.2) is 0 Å². The minimum absolute atomic E-state index is 0.947. The summed E-state index contributed by atoms with van der Waals surface area (Å²) in [6.45, 7) is 24.7. The zero-order valence-corrected chi connectivity index (χ0v) is 35.5. The molecule has 0 atom stereocenters. The third kappa shape index (κ3) is 15.8. The van der Waals surface area contributed by atoms with Crippen LogP contribution in [0.15, 0.2) is 48.0 Å². The topological polar surface area (TPSA) is 31.8 Å². The summed E-state index contributed by atoms with van der Waals surface area (Å²) in [4.78, 5) is 0. The van der Waals surface area contributed by atoms with Crippen molar-refractivity contribution in [2.24, 2.45) is 0 Å². The van der Waals surface area contributed by atoms with Gasteiger partial charge in [-0.1, -0.05) is 91.7 Å². The predicted molar refractivity (Wildman–Crippen MR) is 220 cm³/mol. The third-order valence-corrected chi connectivity index (χ3v) is 11.6. The Morgan fingerprint density at radius 3 is 1.24 bits per heavy atom. The van der Waals surface area contributed by atoms with E-state index in [9.17, 15) is 5.53 Å². The molecule has 1 aliphatic rings. The fraction of sp³-hybridized carbons (Fsp3) is 0.652. The van der Waals surface area contributed by atoms with E-state index in [1.807, 2.05) is 0 Å². The van der Waals surface area contributed by atoms with Gasteiger partial charge in [-0.3, -0.25) is 0 Å². The van der Waals surface area contributed by atoms with E-state index in [1.165, 1.54) is 102 Å². The monoisotopic (exact) mass is 743 g/mol. The first-order valence-electron chi connectivity index (χ1n) is 21.1. The van der Waals surface area contributed by atoms with Crippen LogP contribution in [0.1, 0.15) is 179 Å². The zero-order valence-electron chi connectivity index (χ0n) is 34.5. The number of benzene rings is 2. The van der Waals surface area contributed by atoms with Crippen LogP contribution in [0.25, 0.3) is 16.9 Å². The second-order valence-electron chi connectivity index (χ2n) is 14.2. The molecule has 0 unspecified atom stereocenters. The van der Waals surface area contributed by atoms with Crippen molar-refractivity contribution < 1.29 is 19.6 Å². The summed E-state index contributed by atoms with van der Waals surface area (Å²) in [6.07, 6.45) is 22.3. The minimum atomic E-state index is 0.947. The molecule has 3 rings (SSSR count). The molecule has 0 aromatic heterocycles. The van der Waals surface area contributed by atoms with Gasteiger partial charge in [0.25, 0.3) is 0 Å². The molecule has 1 aliphatic heterocycles. The first-order valence-corrected chi connectivity index (χ1v) is 22.0. The molecule has 0 saturated heterocycles. The summed E-state index contributed by atoms with van der Waals surface area (Å²) < 4.78 is 6.29. The molecule has 290 valence electrons. The Balaban J connectivity index is 0.000000705. The first kappa shape index (κ1) is 45.1. The Labute approximate surface area is 322 Å². The molecular formula is C46H76N4Ni. The maximum atomic E-state index is 11.9. The second kappa shape index (κ2) is 26.7. The molecule has 2 aromatic carbocycles. The molecule has 2 aromatic rings. The quantitative estimate of drug-likeness (QED) is 0.0576. The van der Waals surface area contributed by atoms with Crippen LogP contribution in [0.4, 0.5) is 0 Å². The Hall–Kier alpha value is -2.07. The van der Waals surface area contributed by atoms with Gasteiger partial charge in [-0.15, -0.1) is 0 Å². The zero-order chi connectivity index (χ0) is 37.4. The van der Waals surface area contributed by atoms with Crippen LogP contribution in [-0.2, 0) is 40.5 Å². The van der Waals surface area contributed by atoms with Crippen LogP contribution in [0, 0.1) is 0 Å². The van der Waals surface area contributed by atoms with Crippen LogP contribution < -0.4 is 0 Å². The number of nitrogens with zero attached hydrogens (tertiary/aromatic N) is 4. The van der Waals surface area contributed by atoms with E-state index in [0.717, 1.165) is 88.1 Å². The number of allylic oxidation sites excluding steroid dienone is 2. The van der Waals surface area contributed by atoms with E-state index in [2.05, 4.69) is 113 Å². The fourth-order valence-electron chi connectivity index (χ4n) is 6.68. The van der Waals surface area contributed by atoms with E-state index in [1.54, 1.807) is 14.9 Å². The molecular weight excluding hydrogens is 667 g/mol. The third-order valence-electron chi connectivity index (χ3n) is 9.78. The number of hydrogen-bond acceptors (Lipinski definition) is 2. The Morgan fingerprint density at radius 1 is 0.471 bits per heavy atom. The normalized spacial score (nSPS) is 13.1. The van der Waals surface area contributed by atoms with E-state index >= 15 is 0 Å². The fourth-order valence-corrected chi connectivity index (χ4v) is 7.64. The molecule has 5 heteroatoms. The van der Waals surface area contributed by atoms with Crippen molar-refractivity contribution in [2.75, 3.05) is 26.2 Å². The molecule has 0 saturated carbocycles. The summed E-state index contributed by atoms with van der Waals surface area (Å²) in [5, 5.41) is 0. The van der Waals surface area contributed by atoms with Gasteiger partial charge in [-0.25, -0.2) is 4.70 Å². The van der Waals surface area contributed by atoms with Crippen molar-refractivity contribution in [3.8, 4) is 0 Å². The molecule has 0 amide bonds. The van der Waals surface area contributed by atoms with Crippen LogP contribution in [0.2, 0.25) is 0 Å². The average molecular weight is 744 g/mol.